The molecule has 2 atom stereocenters. The molecule has 0 radical (unpaired) electrons. The predicted octanol–water partition coefficient (Wildman–Crippen LogP) is 3.58. The third-order valence-corrected chi connectivity index (χ3v) is 6.09. The number of hydrogen-bond donors (Lipinski definition) is 0. The second-order valence-electron chi connectivity index (χ2n) is 7.90. The maximum Gasteiger partial charge on any atom is 0.271 e. The lowest BCUT2D eigenvalue weighted by atomic mass is 10.0. The van der Waals surface area contributed by atoms with Gasteiger partial charge in [-0.05, 0) is 35.4 Å². The number of aromatic nitrogens is 1. The quantitative estimate of drug-likeness (QED) is 0.672. The molecule has 0 bridgehead atoms. The van der Waals surface area contributed by atoms with E-state index in [2.05, 4.69) is 44.8 Å². The van der Waals surface area contributed by atoms with Gasteiger partial charge in [0.1, 0.15) is 11.4 Å². The van der Waals surface area contributed by atoms with E-state index < -0.39 is 0 Å². The van der Waals surface area contributed by atoms with E-state index >= 15 is 0 Å². The lowest BCUT2D eigenvalue weighted by Crippen LogP contribution is -2.49. The van der Waals surface area contributed by atoms with Gasteiger partial charge < -0.3 is 14.2 Å². The van der Waals surface area contributed by atoms with Crippen molar-refractivity contribution in [3.05, 3.63) is 89.7 Å². The van der Waals surface area contributed by atoms with Gasteiger partial charge in [0.05, 0.1) is 19.2 Å². The zero-order valence-electron chi connectivity index (χ0n) is 16.6. The monoisotopic (exact) mass is 387 g/mol. The van der Waals surface area contributed by atoms with E-state index in [1.165, 1.54) is 11.1 Å². The van der Waals surface area contributed by atoms with E-state index in [1.54, 1.807) is 7.11 Å². The van der Waals surface area contributed by atoms with E-state index in [4.69, 9.17) is 4.74 Å². The largest absolute Gasteiger partial charge is 0.497 e. The van der Waals surface area contributed by atoms with Gasteiger partial charge in [0.25, 0.3) is 5.91 Å². The fourth-order valence-electron chi connectivity index (χ4n) is 4.72. The maximum atomic E-state index is 13.2. The van der Waals surface area contributed by atoms with Gasteiger partial charge in [-0.2, -0.15) is 0 Å². The Balaban J connectivity index is 1.41. The number of methoxy groups -OCH3 is 1. The molecule has 1 aromatic heterocycles. The second kappa shape index (κ2) is 7.41. The van der Waals surface area contributed by atoms with Crippen molar-refractivity contribution in [2.45, 2.75) is 25.2 Å². The first-order valence-corrected chi connectivity index (χ1v) is 10.1. The van der Waals surface area contributed by atoms with Gasteiger partial charge in [-0.15, -0.1) is 0 Å². The van der Waals surface area contributed by atoms with Gasteiger partial charge in [-0.1, -0.05) is 42.5 Å². The van der Waals surface area contributed by atoms with Gasteiger partial charge in [0.15, 0.2) is 0 Å². The smallest absolute Gasteiger partial charge is 0.271 e. The predicted molar refractivity (Wildman–Crippen MR) is 112 cm³/mol. The van der Waals surface area contributed by atoms with Gasteiger partial charge >= 0.3 is 0 Å². The van der Waals surface area contributed by atoms with Crippen LogP contribution >= 0.6 is 0 Å². The lowest BCUT2D eigenvalue weighted by molar-refractivity contribution is 0.0556. The van der Waals surface area contributed by atoms with Crippen LogP contribution in [0.15, 0.2) is 72.9 Å². The van der Waals surface area contributed by atoms with Crippen molar-refractivity contribution in [2.24, 2.45) is 0 Å². The van der Waals surface area contributed by atoms with Gasteiger partial charge in [0.2, 0.25) is 0 Å². The van der Waals surface area contributed by atoms with Crippen LogP contribution in [0, 0.1) is 0 Å². The molecule has 2 aliphatic rings. The Bertz CT molecular complexity index is 1010. The highest BCUT2D eigenvalue weighted by Crippen LogP contribution is 2.35. The first kappa shape index (κ1) is 18.0. The Kier molecular flexibility index (Phi) is 4.60. The molecule has 2 aliphatic heterocycles. The van der Waals surface area contributed by atoms with Gasteiger partial charge in [0, 0.05) is 32.4 Å². The minimum absolute atomic E-state index is 0.128. The van der Waals surface area contributed by atoms with Crippen LogP contribution in [0.5, 0.6) is 5.75 Å². The van der Waals surface area contributed by atoms with Crippen molar-refractivity contribution >= 4 is 5.91 Å². The zero-order valence-corrected chi connectivity index (χ0v) is 16.6. The van der Waals surface area contributed by atoms with E-state index in [0.717, 1.165) is 31.1 Å². The number of ether oxygens (including phenoxy) is 1. The summed E-state index contributed by atoms with van der Waals surface area (Å²) in [7, 11) is 1.70. The summed E-state index contributed by atoms with van der Waals surface area (Å²) in [6.45, 7) is 3.31. The molecule has 2 aromatic carbocycles. The highest BCUT2D eigenvalue weighted by atomic mass is 16.5. The molecular weight excluding hydrogens is 362 g/mol. The first-order valence-electron chi connectivity index (χ1n) is 10.1. The Morgan fingerprint density at radius 2 is 1.69 bits per heavy atom. The third-order valence-electron chi connectivity index (χ3n) is 6.09. The van der Waals surface area contributed by atoms with E-state index in [9.17, 15) is 4.79 Å². The normalized spacial score (nSPS) is 21.1. The number of hydrogen-bond acceptors (Lipinski definition) is 3. The standard InChI is InChI=1S/C24H25N3O2/c1-29-20-10-5-9-19(13-20)14-25-16-22-23(17-25)27(15-18-7-3-2-4-8-18)24(28)21-11-6-12-26(21)22/h2-13,22-23H,14-17H2,1H3/t22-,23+/m0/s1. The van der Waals surface area contributed by atoms with Gasteiger partial charge in [-0.3, -0.25) is 9.69 Å². The number of likely N-dealkylation sites (tertiary alicyclic amines) is 1. The molecule has 5 nitrogen and oxygen atoms in total. The van der Waals surface area contributed by atoms with Crippen molar-refractivity contribution in [1.82, 2.24) is 14.4 Å². The molecule has 0 N–H and O–H groups in total. The Morgan fingerprint density at radius 1 is 0.897 bits per heavy atom. The van der Waals surface area contributed by atoms with Crippen LogP contribution in [0.4, 0.5) is 0 Å². The topological polar surface area (TPSA) is 37.7 Å². The zero-order chi connectivity index (χ0) is 19.8. The molecule has 0 unspecified atom stereocenters. The fraction of sp³-hybridized carbons (Fsp3) is 0.292. The Labute approximate surface area is 171 Å². The molecular formula is C24H25N3O2. The number of fused-ring (bicyclic) bond motifs is 3. The summed E-state index contributed by atoms with van der Waals surface area (Å²) in [5.74, 6) is 1.01. The maximum absolute atomic E-state index is 13.2. The fourth-order valence-corrected chi connectivity index (χ4v) is 4.72. The SMILES string of the molecule is COc1cccc(CN2C[C@@H]3[C@H](C2)n2cccc2C(=O)N3Cc2ccccc2)c1. The second-order valence-corrected chi connectivity index (χ2v) is 7.90. The van der Waals surface area contributed by atoms with Crippen LogP contribution in [-0.2, 0) is 13.1 Å². The van der Waals surface area contributed by atoms with Crippen molar-refractivity contribution in [3.63, 3.8) is 0 Å². The van der Waals surface area contributed by atoms with Crippen LogP contribution in [0.25, 0.3) is 0 Å². The lowest BCUT2D eigenvalue weighted by Gasteiger charge is -2.38. The molecule has 148 valence electrons. The average Bonchev–Trinajstić information content (AvgIpc) is 3.39. The molecule has 0 aliphatic carbocycles. The average molecular weight is 387 g/mol. The molecule has 3 heterocycles. The number of benzene rings is 2. The van der Waals surface area contributed by atoms with Crippen molar-refractivity contribution < 1.29 is 9.53 Å². The molecule has 0 spiro atoms. The highest BCUT2D eigenvalue weighted by Gasteiger charge is 2.44. The summed E-state index contributed by atoms with van der Waals surface area (Å²) in [5.41, 5.74) is 3.20. The first-order chi connectivity index (χ1) is 14.2. The van der Waals surface area contributed by atoms with Crippen LogP contribution in [0.1, 0.15) is 27.7 Å². The highest BCUT2D eigenvalue weighted by molar-refractivity contribution is 5.94. The van der Waals surface area contributed by atoms with Crippen molar-refractivity contribution in [1.29, 1.82) is 0 Å². The van der Waals surface area contributed by atoms with Gasteiger partial charge in [-0.25, -0.2) is 0 Å². The third kappa shape index (κ3) is 3.32. The Morgan fingerprint density at radius 3 is 2.52 bits per heavy atom. The van der Waals surface area contributed by atoms with Crippen LogP contribution in [-0.4, -0.2) is 46.5 Å². The van der Waals surface area contributed by atoms with Crippen molar-refractivity contribution in [3.8, 4) is 5.75 Å². The number of rotatable bonds is 5. The molecule has 1 fully saturated rings. The summed E-state index contributed by atoms with van der Waals surface area (Å²) in [6.07, 6.45) is 2.06. The molecule has 5 rings (SSSR count). The summed E-state index contributed by atoms with van der Waals surface area (Å²) in [6, 6.07) is 22.9. The molecule has 5 heteroatoms. The minimum Gasteiger partial charge on any atom is -0.497 e. The number of carbonyl (C=O) groups excluding carboxylic acids is 1. The van der Waals surface area contributed by atoms with Crippen LogP contribution in [0.2, 0.25) is 0 Å². The Hall–Kier alpha value is -3.05. The van der Waals surface area contributed by atoms with E-state index in [-0.39, 0.29) is 18.0 Å². The minimum atomic E-state index is 0.128. The summed E-state index contributed by atoms with van der Waals surface area (Å²) >= 11 is 0. The summed E-state index contributed by atoms with van der Waals surface area (Å²) in [4.78, 5) is 17.8. The number of carbonyl (C=O) groups is 1. The molecule has 1 saturated heterocycles. The van der Waals surface area contributed by atoms with E-state index in [1.807, 2.05) is 42.5 Å². The molecule has 0 saturated carbocycles. The summed E-state index contributed by atoms with van der Waals surface area (Å²) in [5, 5.41) is 0. The molecule has 3 aromatic rings. The number of nitrogens with zero attached hydrogens (tertiary/aromatic N) is 3. The van der Waals surface area contributed by atoms with E-state index in [0.29, 0.717) is 6.54 Å². The molecule has 29 heavy (non-hydrogen) atoms. The van der Waals surface area contributed by atoms with Crippen LogP contribution in [0.3, 0.4) is 0 Å². The molecule has 1 amide bonds. The number of amides is 1. The van der Waals surface area contributed by atoms with Crippen LogP contribution < -0.4 is 4.74 Å². The summed E-state index contributed by atoms with van der Waals surface area (Å²) < 4.78 is 7.55. The van der Waals surface area contributed by atoms with Crippen molar-refractivity contribution in [2.75, 3.05) is 20.2 Å².